The summed E-state index contributed by atoms with van der Waals surface area (Å²) in [6, 6.07) is 7.13. The van der Waals surface area contributed by atoms with Crippen molar-refractivity contribution in [1.29, 1.82) is 0 Å². The van der Waals surface area contributed by atoms with E-state index < -0.39 is 0 Å². The molecule has 1 unspecified atom stereocenters. The molecule has 1 N–H and O–H groups in total. The number of unbranched alkanes of at least 4 members (excludes halogenated alkanes) is 1. The highest BCUT2D eigenvalue weighted by molar-refractivity contribution is 14.1. The average molecular weight is 317 g/mol. The van der Waals surface area contributed by atoms with E-state index in [0.717, 1.165) is 0 Å². The molecule has 1 aromatic carbocycles. The molecule has 1 rings (SSSR count). The Labute approximate surface area is 107 Å². The maximum atomic E-state index is 3.57. The minimum atomic E-state index is 0.573. The van der Waals surface area contributed by atoms with Crippen molar-refractivity contribution < 1.29 is 0 Å². The molecule has 0 saturated heterocycles. The van der Waals surface area contributed by atoms with Gasteiger partial charge in [-0.3, -0.25) is 0 Å². The molecule has 0 radical (unpaired) electrons. The average Bonchev–Trinajstić information content (AvgIpc) is 2.19. The first kappa shape index (κ1) is 12.8. The lowest BCUT2D eigenvalue weighted by molar-refractivity contribution is 0.645. The molecule has 0 saturated carbocycles. The number of anilines is 1. The smallest absolute Gasteiger partial charge is 0.0372 e. The van der Waals surface area contributed by atoms with Gasteiger partial charge in [0.2, 0.25) is 0 Å². The predicted octanol–water partition coefficient (Wildman–Crippen LogP) is 4.59. The van der Waals surface area contributed by atoms with Gasteiger partial charge in [-0.25, -0.2) is 0 Å². The van der Waals surface area contributed by atoms with E-state index in [1.165, 1.54) is 34.1 Å². The summed E-state index contributed by atoms with van der Waals surface area (Å²) in [5.74, 6) is 0. The Morgan fingerprint density at radius 2 is 2.13 bits per heavy atom. The molecule has 0 heterocycles. The van der Waals surface area contributed by atoms with Crippen LogP contribution in [0.2, 0.25) is 0 Å². The van der Waals surface area contributed by atoms with E-state index in [1.54, 1.807) is 0 Å². The number of benzene rings is 1. The second kappa shape index (κ2) is 6.36. The van der Waals surface area contributed by atoms with E-state index in [4.69, 9.17) is 0 Å². The first-order valence-electron chi connectivity index (χ1n) is 5.66. The van der Waals surface area contributed by atoms with Crippen LogP contribution in [0.3, 0.4) is 0 Å². The SMILES string of the molecule is CCCCC(C)Nc1ccc(I)cc1C. The van der Waals surface area contributed by atoms with Gasteiger partial charge in [-0.15, -0.1) is 0 Å². The van der Waals surface area contributed by atoms with Crippen LogP contribution >= 0.6 is 22.6 Å². The number of aryl methyl sites for hydroxylation is 1. The van der Waals surface area contributed by atoms with Gasteiger partial charge in [0.1, 0.15) is 0 Å². The topological polar surface area (TPSA) is 12.0 Å². The molecule has 0 amide bonds. The molecule has 2 heteroatoms. The highest BCUT2D eigenvalue weighted by Crippen LogP contribution is 2.19. The maximum Gasteiger partial charge on any atom is 0.0372 e. The largest absolute Gasteiger partial charge is 0.382 e. The lowest BCUT2D eigenvalue weighted by Gasteiger charge is -2.16. The standard InChI is InChI=1S/C13H20IN/c1-4-5-6-11(3)15-13-8-7-12(14)9-10(13)2/h7-9,11,15H,4-6H2,1-3H3. The van der Waals surface area contributed by atoms with Crippen LogP contribution in [0.4, 0.5) is 5.69 Å². The molecular weight excluding hydrogens is 297 g/mol. The van der Waals surface area contributed by atoms with Crippen LogP contribution in [0.15, 0.2) is 18.2 Å². The highest BCUT2D eigenvalue weighted by atomic mass is 127. The summed E-state index contributed by atoms with van der Waals surface area (Å²) in [5.41, 5.74) is 2.62. The van der Waals surface area contributed by atoms with E-state index >= 15 is 0 Å². The van der Waals surface area contributed by atoms with Crippen molar-refractivity contribution in [2.75, 3.05) is 5.32 Å². The van der Waals surface area contributed by atoms with Crippen molar-refractivity contribution in [1.82, 2.24) is 0 Å². The summed E-state index contributed by atoms with van der Waals surface area (Å²) < 4.78 is 1.30. The third-order valence-electron chi connectivity index (χ3n) is 2.58. The second-order valence-corrected chi connectivity index (χ2v) is 5.39. The maximum absolute atomic E-state index is 3.57. The van der Waals surface area contributed by atoms with Crippen LogP contribution in [0.1, 0.15) is 38.7 Å². The normalized spacial score (nSPS) is 12.5. The minimum absolute atomic E-state index is 0.573. The zero-order valence-electron chi connectivity index (χ0n) is 9.81. The van der Waals surface area contributed by atoms with Gasteiger partial charge in [-0.05, 0) is 66.6 Å². The Kier molecular flexibility index (Phi) is 5.43. The van der Waals surface area contributed by atoms with Gasteiger partial charge in [0.15, 0.2) is 0 Å². The molecule has 1 aromatic rings. The third-order valence-corrected chi connectivity index (χ3v) is 3.25. The van der Waals surface area contributed by atoms with Crippen LogP contribution in [0, 0.1) is 10.5 Å². The van der Waals surface area contributed by atoms with E-state index in [1.807, 2.05) is 0 Å². The monoisotopic (exact) mass is 317 g/mol. The summed E-state index contributed by atoms with van der Waals surface area (Å²) in [6.45, 7) is 6.66. The molecule has 1 nitrogen and oxygen atoms in total. The van der Waals surface area contributed by atoms with Gasteiger partial charge in [0.05, 0.1) is 0 Å². The summed E-state index contributed by atoms with van der Waals surface area (Å²) in [5, 5.41) is 3.57. The van der Waals surface area contributed by atoms with Crippen molar-refractivity contribution in [2.24, 2.45) is 0 Å². The lowest BCUT2D eigenvalue weighted by Crippen LogP contribution is -2.15. The Morgan fingerprint density at radius 1 is 1.40 bits per heavy atom. The summed E-state index contributed by atoms with van der Waals surface area (Å²) in [7, 11) is 0. The van der Waals surface area contributed by atoms with E-state index in [2.05, 4.69) is 66.9 Å². The first-order valence-corrected chi connectivity index (χ1v) is 6.74. The Morgan fingerprint density at radius 3 is 2.73 bits per heavy atom. The quantitative estimate of drug-likeness (QED) is 0.783. The van der Waals surface area contributed by atoms with Gasteiger partial charge in [0.25, 0.3) is 0 Å². The summed E-state index contributed by atoms with van der Waals surface area (Å²) in [4.78, 5) is 0. The fourth-order valence-electron chi connectivity index (χ4n) is 1.64. The number of halogens is 1. The molecule has 0 aliphatic carbocycles. The van der Waals surface area contributed by atoms with E-state index in [9.17, 15) is 0 Å². The number of rotatable bonds is 5. The van der Waals surface area contributed by atoms with Crippen molar-refractivity contribution >= 4 is 28.3 Å². The second-order valence-electron chi connectivity index (χ2n) is 4.15. The number of hydrogen-bond acceptors (Lipinski definition) is 1. The fourth-order valence-corrected chi connectivity index (χ4v) is 2.28. The number of hydrogen-bond donors (Lipinski definition) is 1. The van der Waals surface area contributed by atoms with Crippen molar-refractivity contribution in [3.63, 3.8) is 0 Å². The molecular formula is C13H20IN. The van der Waals surface area contributed by atoms with Crippen LogP contribution in [-0.4, -0.2) is 6.04 Å². The lowest BCUT2D eigenvalue weighted by atomic mass is 10.1. The van der Waals surface area contributed by atoms with Gasteiger partial charge < -0.3 is 5.32 Å². The molecule has 0 fully saturated rings. The molecule has 0 aromatic heterocycles. The fraction of sp³-hybridized carbons (Fsp3) is 0.538. The Balaban J connectivity index is 2.56. The van der Waals surface area contributed by atoms with Crippen molar-refractivity contribution in [2.45, 2.75) is 46.1 Å². The van der Waals surface area contributed by atoms with E-state index in [0.29, 0.717) is 6.04 Å². The molecule has 0 aliphatic heterocycles. The van der Waals surface area contributed by atoms with Crippen molar-refractivity contribution in [3.05, 3.63) is 27.3 Å². The first-order chi connectivity index (χ1) is 7.13. The molecule has 0 spiro atoms. The molecule has 1 atom stereocenters. The zero-order valence-corrected chi connectivity index (χ0v) is 12.0. The molecule has 84 valence electrons. The van der Waals surface area contributed by atoms with Crippen molar-refractivity contribution in [3.8, 4) is 0 Å². The number of nitrogens with one attached hydrogen (secondary N) is 1. The summed E-state index contributed by atoms with van der Waals surface area (Å²) >= 11 is 2.35. The van der Waals surface area contributed by atoms with E-state index in [-0.39, 0.29) is 0 Å². The van der Waals surface area contributed by atoms with Crippen LogP contribution in [0.25, 0.3) is 0 Å². The Hall–Kier alpha value is -0.250. The molecule has 0 bridgehead atoms. The minimum Gasteiger partial charge on any atom is -0.382 e. The third kappa shape index (κ3) is 4.41. The predicted molar refractivity (Wildman–Crippen MR) is 76.5 cm³/mol. The van der Waals surface area contributed by atoms with Crippen LogP contribution < -0.4 is 5.32 Å². The van der Waals surface area contributed by atoms with Gasteiger partial charge in [-0.1, -0.05) is 19.8 Å². The molecule has 0 aliphatic rings. The van der Waals surface area contributed by atoms with Crippen LogP contribution in [-0.2, 0) is 0 Å². The van der Waals surface area contributed by atoms with Gasteiger partial charge in [-0.2, -0.15) is 0 Å². The zero-order chi connectivity index (χ0) is 11.3. The van der Waals surface area contributed by atoms with Gasteiger partial charge >= 0.3 is 0 Å². The van der Waals surface area contributed by atoms with Gasteiger partial charge in [0, 0.05) is 15.3 Å². The highest BCUT2D eigenvalue weighted by Gasteiger charge is 2.03. The van der Waals surface area contributed by atoms with Crippen LogP contribution in [0.5, 0.6) is 0 Å². The Bertz CT molecular complexity index is 309. The molecule has 15 heavy (non-hydrogen) atoms. The summed E-state index contributed by atoms with van der Waals surface area (Å²) in [6.07, 6.45) is 3.83.